The number of hydrogen-bond acceptors (Lipinski definition) is 3. The quantitative estimate of drug-likeness (QED) is 0.754. The molecule has 2 fully saturated rings. The first-order valence-electron chi connectivity index (χ1n) is 9.60. The molecule has 4 rings (SSSR count). The van der Waals surface area contributed by atoms with Crippen molar-refractivity contribution in [2.24, 2.45) is 17.8 Å². The average molecular weight is 350 g/mol. The Morgan fingerprint density at radius 2 is 2.04 bits per heavy atom. The molecule has 2 N–H and O–H groups in total. The molecule has 4 atom stereocenters. The second-order valence-corrected chi connectivity index (χ2v) is 7.54. The van der Waals surface area contributed by atoms with Gasteiger partial charge in [-0.1, -0.05) is 36.4 Å². The number of nitrogens with zero attached hydrogens (tertiary/aromatic N) is 2. The molecule has 0 unspecified atom stereocenters. The maximum absolute atomic E-state index is 12.7. The van der Waals surface area contributed by atoms with Crippen molar-refractivity contribution in [3.05, 3.63) is 60.2 Å². The lowest BCUT2D eigenvalue weighted by Gasteiger charge is -2.28. The van der Waals surface area contributed by atoms with Crippen LogP contribution < -0.4 is 5.32 Å². The van der Waals surface area contributed by atoms with Crippen molar-refractivity contribution in [3.63, 3.8) is 0 Å². The molecule has 1 heterocycles. The Labute approximate surface area is 154 Å². The van der Waals surface area contributed by atoms with Gasteiger partial charge in [0, 0.05) is 18.9 Å². The molecular weight excluding hydrogens is 324 g/mol. The number of nitrogens with one attached hydrogen (secondary N) is 2. The number of benzene rings is 1. The molecule has 0 saturated heterocycles. The summed E-state index contributed by atoms with van der Waals surface area (Å²) in [6.07, 6.45) is 6.98. The van der Waals surface area contributed by atoms with Gasteiger partial charge in [-0.15, -0.1) is 6.58 Å². The summed E-state index contributed by atoms with van der Waals surface area (Å²) in [4.78, 5) is 17.4. The first-order chi connectivity index (χ1) is 12.8. The Balaban J connectivity index is 1.46. The third kappa shape index (κ3) is 3.30. The third-order valence-corrected chi connectivity index (χ3v) is 5.98. The zero-order chi connectivity index (χ0) is 17.9. The minimum atomic E-state index is 0.00599. The highest BCUT2D eigenvalue weighted by atomic mass is 16.1. The number of rotatable bonds is 7. The molecule has 1 aromatic heterocycles. The average Bonchev–Trinajstić information content (AvgIpc) is 3.40. The number of carbonyl (C=O) groups is 1. The van der Waals surface area contributed by atoms with Gasteiger partial charge < -0.3 is 5.32 Å². The summed E-state index contributed by atoms with van der Waals surface area (Å²) in [6, 6.07) is 10.4. The molecule has 26 heavy (non-hydrogen) atoms. The van der Waals surface area contributed by atoms with Gasteiger partial charge in [0.1, 0.15) is 5.82 Å². The van der Waals surface area contributed by atoms with Crippen LogP contribution in [0.1, 0.15) is 42.4 Å². The Kier molecular flexibility index (Phi) is 4.87. The fraction of sp³-hybridized carbons (Fsp3) is 0.476. The van der Waals surface area contributed by atoms with E-state index < -0.39 is 0 Å². The summed E-state index contributed by atoms with van der Waals surface area (Å²) in [6.45, 7) is 4.21. The Morgan fingerprint density at radius 1 is 1.23 bits per heavy atom. The fourth-order valence-electron chi connectivity index (χ4n) is 4.81. The summed E-state index contributed by atoms with van der Waals surface area (Å²) in [7, 11) is 0. The van der Waals surface area contributed by atoms with Gasteiger partial charge in [0.25, 0.3) is 0 Å². The van der Waals surface area contributed by atoms with Gasteiger partial charge in [-0.3, -0.25) is 9.89 Å². The molecule has 0 radical (unpaired) electrons. The van der Waals surface area contributed by atoms with Gasteiger partial charge in [0.15, 0.2) is 5.82 Å². The number of hydrogen-bond donors (Lipinski definition) is 2. The minimum Gasteiger partial charge on any atom is -0.352 e. The summed E-state index contributed by atoms with van der Waals surface area (Å²) in [5.41, 5.74) is 1.30. The van der Waals surface area contributed by atoms with E-state index in [1.807, 2.05) is 6.07 Å². The smallest absolute Gasteiger partial charge is 0.224 e. The SMILES string of the molecule is C=CCNC(=O)[C@H]1[C@@H]2CC[C@H](C2)[C@H]1c1n[nH]c(CCc2ccccc2)n1. The maximum atomic E-state index is 12.7. The van der Waals surface area contributed by atoms with E-state index >= 15 is 0 Å². The number of aryl methyl sites for hydroxylation is 2. The van der Waals surface area contributed by atoms with E-state index in [0.717, 1.165) is 37.3 Å². The van der Waals surface area contributed by atoms with E-state index in [4.69, 9.17) is 4.98 Å². The van der Waals surface area contributed by atoms with E-state index in [9.17, 15) is 4.79 Å². The van der Waals surface area contributed by atoms with E-state index in [0.29, 0.717) is 18.4 Å². The highest BCUT2D eigenvalue weighted by molar-refractivity contribution is 5.80. The molecule has 0 spiro atoms. The largest absolute Gasteiger partial charge is 0.352 e. The summed E-state index contributed by atoms with van der Waals surface area (Å²) >= 11 is 0. The van der Waals surface area contributed by atoms with Crippen LogP contribution in [0.15, 0.2) is 43.0 Å². The van der Waals surface area contributed by atoms with Crippen molar-refractivity contribution < 1.29 is 4.79 Å². The second-order valence-electron chi connectivity index (χ2n) is 7.54. The zero-order valence-electron chi connectivity index (χ0n) is 15.0. The maximum Gasteiger partial charge on any atom is 0.224 e. The number of H-pyrrole nitrogens is 1. The number of aromatic amines is 1. The van der Waals surface area contributed by atoms with E-state index in [2.05, 4.69) is 46.4 Å². The topological polar surface area (TPSA) is 70.7 Å². The normalized spacial score (nSPS) is 26.8. The van der Waals surface area contributed by atoms with Crippen molar-refractivity contribution in [2.75, 3.05) is 6.54 Å². The monoisotopic (exact) mass is 350 g/mol. The molecule has 2 aromatic rings. The highest BCUT2D eigenvalue weighted by Gasteiger charge is 2.52. The molecule has 5 heteroatoms. The van der Waals surface area contributed by atoms with Crippen LogP contribution in [0.3, 0.4) is 0 Å². The Hall–Kier alpha value is -2.43. The molecule has 5 nitrogen and oxygen atoms in total. The predicted octanol–water partition coefficient (Wildman–Crippen LogP) is 3.02. The van der Waals surface area contributed by atoms with E-state index in [1.165, 1.54) is 12.0 Å². The van der Waals surface area contributed by atoms with Gasteiger partial charge in [0.2, 0.25) is 5.91 Å². The molecule has 2 aliphatic rings. The number of aromatic nitrogens is 3. The lowest BCUT2D eigenvalue weighted by Crippen LogP contribution is -2.37. The highest BCUT2D eigenvalue weighted by Crippen LogP contribution is 2.56. The summed E-state index contributed by atoms with van der Waals surface area (Å²) < 4.78 is 0. The van der Waals surface area contributed by atoms with Gasteiger partial charge in [-0.25, -0.2) is 4.98 Å². The van der Waals surface area contributed by atoms with Crippen molar-refractivity contribution in [2.45, 2.75) is 38.0 Å². The van der Waals surface area contributed by atoms with Crippen LogP contribution in [0.5, 0.6) is 0 Å². The van der Waals surface area contributed by atoms with Crippen molar-refractivity contribution in [1.82, 2.24) is 20.5 Å². The van der Waals surface area contributed by atoms with Gasteiger partial charge in [0.05, 0.1) is 5.92 Å². The van der Waals surface area contributed by atoms with Crippen LogP contribution in [0.4, 0.5) is 0 Å². The molecule has 1 amide bonds. The molecule has 0 aliphatic heterocycles. The molecule has 2 bridgehead atoms. The van der Waals surface area contributed by atoms with Crippen molar-refractivity contribution in [3.8, 4) is 0 Å². The van der Waals surface area contributed by atoms with Gasteiger partial charge >= 0.3 is 0 Å². The van der Waals surface area contributed by atoms with Crippen LogP contribution in [-0.2, 0) is 17.6 Å². The van der Waals surface area contributed by atoms with Crippen molar-refractivity contribution in [1.29, 1.82) is 0 Å². The first kappa shape index (κ1) is 17.0. The lowest BCUT2D eigenvalue weighted by molar-refractivity contribution is -0.127. The second kappa shape index (κ2) is 7.44. The summed E-state index contributed by atoms with van der Waals surface area (Å²) in [5, 5.41) is 10.6. The van der Waals surface area contributed by atoms with Crippen LogP contribution in [0.25, 0.3) is 0 Å². The van der Waals surface area contributed by atoms with Crippen LogP contribution in [-0.4, -0.2) is 27.6 Å². The molecule has 1 aromatic carbocycles. The molecule has 2 saturated carbocycles. The third-order valence-electron chi connectivity index (χ3n) is 5.98. The van der Waals surface area contributed by atoms with Crippen LogP contribution in [0, 0.1) is 17.8 Å². The minimum absolute atomic E-state index is 0.00599. The van der Waals surface area contributed by atoms with Crippen LogP contribution in [0.2, 0.25) is 0 Å². The standard InChI is InChI=1S/C21H26N4O/c1-2-12-22-21(26)19-16-10-9-15(13-16)18(19)20-23-17(24-25-20)11-8-14-6-4-3-5-7-14/h2-7,15-16,18-19H,1,8-13H2,(H,22,26)(H,23,24,25)/t15-,16-,18-,19+/m1/s1. The zero-order valence-corrected chi connectivity index (χ0v) is 15.0. The number of amides is 1. The van der Waals surface area contributed by atoms with Crippen molar-refractivity contribution >= 4 is 5.91 Å². The Bertz CT molecular complexity index is 769. The van der Waals surface area contributed by atoms with E-state index in [-0.39, 0.29) is 17.7 Å². The summed E-state index contributed by atoms with van der Waals surface area (Å²) in [5.74, 6) is 3.05. The number of carbonyl (C=O) groups excluding carboxylic acids is 1. The van der Waals surface area contributed by atoms with Crippen LogP contribution >= 0.6 is 0 Å². The lowest BCUT2D eigenvalue weighted by atomic mass is 9.78. The predicted molar refractivity (Wildman–Crippen MR) is 101 cm³/mol. The first-order valence-corrected chi connectivity index (χ1v) is 9.60. The van der Waals surface area contributed by atoms with Gasteiger partial charge in [-0.05, 0) is 43.1 Å². The Morgan fingerprint density at radius 3 is 2.85 bits per heavy atom. The van der Waals surface area contributed by atoms with Gasteiger partial charge in [-0.2, -0.15) is 5.10 Å². The molecular formula is C21H26N4O. The number of fused-ring (bicyclic) bond motifs is 2. The molecule has 136 valence electrons. The fourth-order valence-corrected chi connectivity index (χ4v) is 4.81. The molecule has 2 aliphatic carbocycles. The van der Waals surface area contributed by atoms with E-state index in [1.54, 1.807) is 6.08 Å².